The van der Waals surface area contributed by atoms with Crippen LogP contribution in [0.5, 0.6) is 5.75 Å². The van der Waals surface area contributed by atoms with Crippen LogP contribution in [0.1, 0.15) is 6.42 Å². The topological polar surface area (TPSA) is 119 Å². The van der Waals surface area contributed by atoms with E-state index in [9.17, 15) is 19.7 Å². The van der Waals surface area contributed by atoms with Crippen molar-refractivity contribution in [3.63, 3.8) is 0 Å². The molecule has 2 atom stereocenters. The molecule has 0 bridgehead atoms. The van der Waals surface area contributed by atoms with Crippen LogP contribution in [-0.4, -0.2) is 52.8 Å². The van der Waals surface area contributed by atoms with Gasteiger partial charge in [0.1, 0.15) is 17.9 Å². The van der Waals surface area contributed by atoms with E-state index in [1.807, 2.05) is 0 Å². The molecule has 1 aromatic rings. The van der Waals surface area contributed by atoms with E-state index in [0.717, 1.165) is 4.90 Å². The number of methoxy groups -OCH3 is 1. The van der Waals surface area contributed by atoms with Gasteiger partial charge in [-0.3, -0.25) is 15.0 Å². The van der Waals surface area contributed by atoms with Gasteiger partial charge in [0.15, 0.2) is 0 Å². The Hall–Kier alpha value is -2.84. The monoisotopic (exact) mass is 310 g/mol. The minimum absolute atomic E-state index is 0.0199. The Labute approximate surface area is 125 Å². The molecule has 0 radical (unpaired) electrons. The zero-order chi connectivity index (χ0) is 16.3. The number of nitrogens with zero attached hydrogens (tertiary/aromatic N) is 2. The van der Waals surface area contributed by atoms with Gasteiger partial charge < -0.3 is 14.6 Å². The van der Waals surface area contributed by atoms with E-state index in [1.165, 1.54) is 31.4 Å². The number of non-ortho nitro benzene ring substituents is 1. The number of nitro benzene ring substituents is 1. The highest BCUT2D eigenvalue weighted by atomic mass is 16.6. The quantitative estimate of drug-likeness (QED) is 0.505. The summed E-state index contributed by atoms with van der Waals surface area (Å²) < 4.78 is 10.2. The molecule has 1 fully saturated rings. The van der Waals surface area contributed by atoms with Gasteiger partial charge in [0.05, 0.1) is 18.6 Å². The largest absolute Gasteiger partial charge is 0.488 e. The molecule has 1 heterocycles. The first-order valence-electron chi connectivity index (χ1n) is 6.41. The van der Waals surface area contributed by atoms with Crippen LogP contribution in [0.4, 0.5) is 10.5 Å². The summed E-state index contributed by atoms with van der Waals surface area (Å²) in [7, 11) is 1.19. The van der Waals surface area contributed by atoms with Crippen LogP contribution >= 0.6 is 0 Å². The SMILES string of the molecule is COC(=O)C1CC(Oc2ccc([N+](=O)[O-])cc2)CN1C(=O)O. The Balaban J connectivity index is 2.06. The number of amides is 1. The third kappa shape index (κ3) is 3.25. The molecular formula is C13H14N2O7. The maximum absolute atomic E-state index is 11.6. The molecule has 9 heteroatoms. The summed E-state index contributed by atoms with van der Waals surface area (Å²) >= 11 is 0. The van der Waals surface area contributed by atoms with Crippen molar-refractivity contribution in [3.8, 4) is 5.75 Å². The molecule has 2 rings (SSSR count). The maximum atomic E-state index is 11.6. The molecule has 22 heavy (non-hydrogen) atoms. The Morgan fingerprint density at radius 2 is 2.00 bits per heavy atom. The van der Waals surface area contributed by atoms with Gasteiger partial charge in [-0.05, 0) is 12.1 Å². The molecular weight excluding hydrogens is 296 g/mol. The summed E-state index contributed by atoms with van der Waals surface area (Å²) in [5.74, 6) is -0.274. The third-order valence-electron chi connectivity index (χ3n) is 3.33. The molecule has 0 aliphatic carbocycles. The summed E-state index contributed by atoms with van der Waals surface area (Å²) in [5.41, 5.74) is -0.0710. The van der Waals surface area contributed by atoms with Crippen molar-refractivity contribution in [1.29, 1.82) is 0 Å². The highest BCUT2D eigenvalue weighted by Gasteiger charge is 2.41. The van der Waals surface area contributed by atoms with E-state index in [0.29, 0.717) is 5.75 Å². The molecule has 2 unspecified atom stereocenters. The zero-order valence-corrected chi connectivity index (χ0v) is 11.7. The van der Waals surface area contributed by atoms with E-state index < -0.39 is 29.1 Å². The van der Waals surface area contributed by atoms with Gasteiger partial charge in [-0.2, -0.15) is 0 Å². The van der Waals surface area contributed by atoms with Gasteiger partial charge in [-0.15, -0.1) is 0 Å². The Kier molecular flexibility index (Phi) is 4.44. The summed E-state index contributed by atoms with van der Waals surface area (Å²) in [6.07, 6.45) is -1.59. The Bertz CT molecular complexity index is 587. The smallest absolute Gasteiger partial charge is 0.408 e. The number of likely N-dealkylation sites (tertiary alicyclic amines) is 1. The molecule has 0 spiro atoms. The van der Waals surface area contributed by atoms with E-state index in [4.69, 9.17) is 9.84 Å². The highest BCUT2D eigenvalue weighted by Crippen LogP contribution is 2.25. The van der Waals surface area contributed by atoms with Crippen molar-refractivity contribution in [1.82, 2.24) is 4.90 Å². The maximum Gasteiger partial charge on any atom is 0.408 e. The zero-order valence-electron chi connectivity index (χ0n) is 11.7. The van der Waals surface area contributed by atoms with Crippen molar-refractivity contribution < 1.29 is 29.1 Å². The van der Waals surface area contributed by atoms with Crippen LogP contribution in [0, 0.1) is 10.1 Å². The van der Waals surface area contributed by atoms with Crippen LogP contribution in [0.15, 0.2) is 24.3 Å². The molecule has 9 nitrogen and oxygen atoms in total. The summed E-state index contributed by atoms with van der Waals surface area (Å²) in [4.78, 5) is 33.7. The molecule has 1 N–H and O–H groups in total. The Morgan fingerprint density at radius 1 is 1.36 bits per heavy atom. The lowest BCUT2D eigenvalue weighted by molar-refractivity contribution is -0.384. The number of rotatable bonds is 4. The number of carboxylic acid groups (broad SMARTS) is 1. The first-order chi connectivity index (χ1) is 10.4. The number of esters is 1. The number of nitro groups is 1. The second-order valence-corrected chi connectivity index (χ2v) is 4.70. The van der Waals surface area contributed by atoms with Gasteiger partial charge in [-0.1, -0.05) is 0 Å². The van der Waals surface area contributed by atoms with E-state index >= 15 is 0 Å². The van der Waals surface area contributed by atoms with Crippen molar-refractivity contribution in [2.24, 2.45) is 0 Å². The summed E-state index contributed by atoms with van der Waals surface area (Å²) in [6, 6.07) is 4.52. The number of carbonyl (C=O) groups is 2. The molecule has 0 aromatic heterocycles. The summed E-state index contributed by atoms with van der Waals surface area (Å²) in [5, 5.41) is 19.7. The Morgan fingerprint density at radius 3 is 2.50 bits per heavy atom. The fraction of sp³-hybridized carbons (Fsp3) is 0.385. The van der Waals surface area contributed by atoms with Crippen LogP contribution in [0.25, 0.3) is 0 Å². The average Bonchev–Trinajstić information content (AvgIpc) is 2.91. The summed E-state index contributed by atoms with van der Waals surface area (Å²) in [6.45, 7) is 0.0199. The van der Waals surface area contributed by atoms with Gasteiger partial charge in [0.25, 0.3) is 5.69 Å². The third-order valence-corrected chi connectivity index (χ3v) is 3.33. The predicted molar refractivity (Wildman–Crippen MR) is 72.7 cm³/mol. The number of carbonyl (C=O) groups excluding carboxylic acids is 1. The lowest BCUT2D eigenvalue weighted by Gasteiger charge is -2.18. The molecule has 1 amide bonds. The van der Waals surface area contributed by atoms with Gasteiger partial charge >= 0.3 is 12.1 Å². The fourth-order valence-corrected chi connectivity index (χ4v) is 2.29. The van der Waals surface area contributed by atoms with Crippen molar-refractivity contribution >= 4 is 17.7 Å². The fourth-order valence-electron chi connectivity index (χ4n) is 2.29. The molecule has 1 aromatic carbocycles. The predicted octanol–water partition coefficient (Wildman–Crippen LogP) is 1.27. The minimum atomic E-state index is -1.23. The van der Waals surface area contributed by atoms with Crippen molar-refractivity contribution in [2.45, 2.75) is 18.6 Å². The van der Waals surface area contributed by atoms with Crippen molar-refractivity contribution in [2.75, 3.05) is 13.7 Å². The van der Waals surface area contributed by atoms with E-state index in [2.05, 4.69) is 4.74 Å². The van der Waals surface area contributed by atoms with Crippen molar-refractivity contribution in [3.05, 3.63) is 34.4 Å². The normalized spacial score (nSPS) is 20.5. The second kappa shape index (κ2) is 6.29. The van der Waals surface area contributed by atoms with E-state index in [-0.39, 0.29) is 18.7 Å². The van der Waals surface area contributed by atoms with Crippen LogP contribution < -0.4 is 4.74 Å². The highest BCUT2D eigenvalue weighted by molar-refractivity contribution is 5.81. The standard InChI is InChI=1S/C13H14N2O7/c1-21-12(16)11-6-10(7-14(11)13(17)18)22-9-4-2-8(3-5-9)15(19)20/h2-5,10-11H,6-7H2,1H3,(H,17,18). The lowest BCUT2D eigenvalue weighted by atomic mass is 10.2. The molecule has 118 valence electrons. The van der Waals surface area contributed by atoms with Gasteiger partial charge in [-0.25, -0.2) is 9.59 Å². The van der Waals surface area contributed by atoms with Crippen LogP contribution in [0.3, 0.4) is 0 Å². The number of hydrogen-bond donors (Lipinski definition) is 1. The number of benzene rings is 1. The molecule has 1 aliphatic heterocycles. The van der Waals surface area contributed by atoms with Gasteiger partial charge in [0.2, 0.25) is 0 Å². The second-order valence-electron chi connectivity index (χ2n) is 4.70. The average molecular weight is 310 g/mol. The van der Waals surface area contributed by atoms with Gasteiger partial charge in [0, 0.05) is 18.6 Å². The molecule has 1 aliphatic rings. The number of hydrogen-bond acceptors (Lipinski definition) is 6. The molecule has 1 saturated heterocycles. The first kappa shape index (κ1) is 15.5. The first-order valence-corrected chi connectivity index (χ1v) is 6.41. The van der Waals surface area contributed by atoms with Crippen LogP contribution in [0.2, 0.25) is 0 Å². The molecule has 0 saturated carbocycles. The number of ether oxygens (including phenoxy) is 2. The lowest BCUT2D eigenvalue weighted by Crippen LogP contribution is -2.40. The van der Waals surface area contributed by atoms with Crippen LogP contribution in [-0.2, 0) is 9.53 Å². The van der Waals surface area contributed by atoms with E-state index in [1.54, 1.807) is 0 Å². The minimum Gasteiger partial charge on any atom is -0.488 e.